The predicted molar refractivity (Wildman–Crippen MR) is 90.2 cm³/mol. The molecule has 1 N–H and O–H groups in total. The summed E-state index contributed by atoms with van der Waals surface area (Å²) in [7, 11) is 3.32. The Morgan fingerprint density at radius 2 is 2.09 bits per heavy atom. The Bertz CT molecular complexity index is 702. The van der Waals surface area contributed by atoms with Crippen LogP contribution in [0.5, 0.6) is 5.75 Å². The molecule has 1 atom stereocenters. The zero-order valence-corrected chi connectivity index (χ0v) is 13.5. The van der Waals surface area contributed by atoms with E-state index in [-0.39, 0.29) is 5.91 Å². The van der Waals surface area contributed by atoms with E-state index < -0.39 is 0 Å². The van der Waals surface area contributed by atoms with Crippen LogP contribution < -0.4 is 15.0 Å². The Kier molecular flexibility index (Phi) is 4.46. The molecule has 1 fully saturated rings. The van der Waals surface area contributed by atoms with Crippen molar-refractivity contribution >= 4 is 11.7 Å². The zero-order chi connectivity index (χ0) is 16.2. The first kappa shape index (κ1) is 15.3. The number of anilines is 1. The van der Waals surface area contributed by atoms with Crippen molar-refractivity contribution in [3.8, 4) is 5.75 Å². The molecule has 5 heteroatoms. The highest BCUT2D eigenvalue weighted by molar-refractivity contribution is 5.92. The molecule has 0 unspecified atom stereocenters. The lowest BCUT2D eigenvalue weighted by atomic mass is 9.97. The lowest BCUT2D eigenvalue weighted by Crippen LogP contribution is -2.23. The molecule has 23 heavy (non-hydrogen) atoms. The lowest BCUT2D eigenvalue weighted by molar-refractivity contribution is 0.0958. The van der Waals surface area contributed by atoms with Gasteiger partial charge in [-0.2, -0.15) is 0 Å². The quantitative estimate of drug-likeness (QED) is 0.942. The number of para-hydroxylation sites is 1. The summed E-state index contributed by atoms with van der Waals surface area (Å²) < 4.78 is 5.48. The van der Waals surface area contributed by atoms with Crippen LogP contribution in [-0.2, 0) is 0 Å². The Morgan fingerprint density at radius 3 is 2.87 bits per heavy atom. The second-order valence-electron chi connectivity index (χ2n) is 5.63. The van der Waals surface area contributed by atoms with E-state index in [1.54, 1.807) is 20.2 Å². The van der Waals surface area contributed by atoms with Gasteiger partial charge in [0.2, 0.25) is 0 Å². The van der Waals surface area contributed by atoms with Crippen molar-refractivity contribution in [3.05, 3.63) is 53.7 Å². The van der Waals surface area contributed by atoms with Crippen LogP contribution in [0.4, 0.5) is 5.82 Å². The van der Waals surface area contributed by atoms with E-state index in [0.717, 1.165) is 31.1 Å². The maximum atomic E-state index is 11.7. The molecule has 0 spiro atoms. The predicted octanol–water partition coefficient (Wildman–Crippen LogP) is 2.44. The Hall–Kier alpha value is -2.56. The first-order valence-corrected chi connectivity index (χ1v) is 7.80. The molecular weight excluding hydrogens is 290 g/mol. The van der Waals surface area contributed by atoms with Gasteiger partial charge in [-0.1, -0.05) is 24.3 Å². The minimum Gasteiger partial charge on any atom is -0.496 e. The highest BCUT2D eigenvalue weighted by Crippen LogP contribution is 2.34. The first-order chi connectivity index (χ1) is 11.2. The molecule has 0 bridgehead atoms. The van der Waals surface area contributed by atoms with Gasteiger partial charge in [0.15, 0.2) is 0 Å². The molecule has 0 saturated carbocycles. The number of carbonyl (C=O) groups excluding carboxylic acids is 1. The molecule has 2 aromatic rings. The highest BCUT2D eigenvalue weighted by Gasteiger charge is 2.27. The van der Waals surface area contributed by atoms with E-state index in [9.17, 15) is 4.79 Å². The molecule has 1 aromatic carbocycles. The van der Waals surface area contributed by atoms with Crippen molar-refractivity contribution in [2.75, 3.05) is 32.1 Å². The second kappa shape index (κ2) is 6.69. The Morgan fingerprint density at radius 1 is 1.26 bits per heavy atom. The van der Waals surface area contributed by atoms with Gasteiger partial charge in [-0.3, -0.25) is 4.79 Å². The summed E-state index contributed by atoms with van der Waals surface area (Å²) in [6, 6.07) is 13.7. The smallest absolute Gasteiger partial charge is 0.269 e. The Balaban J connectivity index is 1.79. The minimum atomic E-state index is -0.160. The second-order valence-corrected chi connectivity index (χ2v) is 5.63. The third-order valence-corrected chi connectivity index (χ3v) is 4.29. The van der Waals surface area contributed by atoms with Crippen molar-refractivity contribution in [1.82, 2.24) is 10.3 Å². The third kappa shape index (κ3) is 3.13. The summed E-state index contributed by atoms with van der Waals surface area (Å²) in [5, 5.41) is 2.61. The van der Waals surface area contributed by atoms with Gasteiger partial charge in [0.1, 0.15) is 17.3 Å². The molecule has 1 amide bonds. The van der Waals surface area contributed by atoms with Crippen LogP contribution in [0, 0.1) is 0 Å². The number of amides is 1. The van der Waals surface area contributed by atoms with Crippen molar-refractivity contribution in [2.24, 2.45) is 0 Å². The number of hydrogen-bond acceptors (Lipinski definition) is 4. The topological polar surface area (TPSA) is 54.5 Å². The molecule has 5 nitrogen and oxygen atoms in total. The van der Waals surface area contributed by atoms with Crippen LogP contribution in [0.3, 0.4) is 0 Å². The monoisotopic (exact) mass is 311 g/mol. The number of methoxy groups -OCH3 is 1. The van der Waals surface area contributed by atoms with Gasteiger partial charge >= 0.3 is 0 Å². The van der Waals surface area contributed by atoms with Crippen molar-refractivity contribution in [2.45, 2.75) is 12.3 Å². The summed E-state index contributed by atoms with van der Waals surface area (Å²) in [5.74, 6) is 2.04. The summed E-state index contributed by atoms with van der Waals surface area (Å²) >= 11 is 0. The lowest BCUT2D eigenvalue weighted by Gasteiger charge is -2.19. The van der Waals surface area contributed by atoms with Crippen LogP contribution in [0.25, 0.3) is 0 Å². The fourth-order valence-electron chi connectivity index (χ4n) is 3.08. The molecule has 1 aliphatic heterocycles. The van der Waals surface area contributed by atoms with Gasteiger partial charge in [0.25, 0.3) is 5.91 Å². The number of aromatic nitrogens is 1. The van der Waals surface area contributed by atoms with Crippen LogP contribution in [-0.4, -0.2) is 38.1 Å². The van der Waals surface area contributed by atoms with Gasteiger partial charge in [0, 0.05) is 26.1 Å². The van der Waals surface area contributed by atoms with Gasteiger partial charge in [0.05, 0.1) is 7.11 Å². The average Bonchev–Trinajstić information content (AvgIpc) is 3.11. The average molecular weight is 311 g/mol. The first-order valence-electron chi connectivity index (χ1n) is 7.80. The van der Waals surface area contributed by atoms with Gasteiger partial charge in [-0.15, -0.1) is 0 Å². The summed E-state index contributed by atoms with van der Waals surface area (Å²) in [6.45, 7) is 1.80. The molecule has 1 aliphatic rings. The molecule has 1 aromatic heterocycles. The summed E-state index contributed by atoms with van der Waals surface area (Å²) in [6.07, 6.45) is 1.05. The van der Waals surface area contributed by atoms with Crippen LogP contribution in [0.15, 0.2) is 42.5 Å². The minimum absolute atomic E-state index is 0.160. The fourth-order valence-corrected chi connectivity index (χ4v) is 3.08. The van der Waals surface area contributed by atoms with E-state index in [2.05, 4.69) is 21.3 Å². The maximum absolute atomic E-state index is 11.7. The van der Waals surface area contributed by atoms with Gasteiger partial charge in [-0.25, -0.2) is 4.98 Å². The molecule has 2 heterocycles. The molecule has 0 radical (unpaired) electrons. The number of pyridine rings is 1. The molecule has 0 aliphatic carbocycles. The molecule has 3 rings (SSSR count). The number of nitrogens with one attached hydrogen (secondary N) is 1. The molecular formula is C18H21N3O2. The van der Waals surface area contributed by atoms with Crippen molar-refractivity contribution in [3.63, 3.8) is 0 Å². The van der Waals surface area contributed by atoms with Gasteiger partial charge in [-0.05, 0) is 30.2 Å². The van der Waals surface area contributed by atoms with Gasteiger partial charge < -0.3 is 15.0 Å². The fraction of sp³-hybridized carbons (Fsp3) is 0.333. The van der Waals surface area contributed by atoms with E-state index in [1.807, 2.05) is 30.3 Å². The largest absolute Gasteiger partial charge is 0.496 e. The van der Waals surface area contributed by atoms with Crippen LogP contribution in [0.2, 0.25) is 0 Å². The van der Waals surface area contributed by atoms with Crippen LogP contribution in [0.1, 0.15) is 28.4 Å². The number of rotatable bonds is 4. The number of hydrogen-bond donors (Lipinski definition) is 1. The summed E-state index contributed by atoms with van der Waals surface area (Å²) in [4.78, 5) is 18.4. The maximum Gasteiger partial charge on any atom is 0.269 e. The summed E-state index contributed by atoms with van der Waals surface area (Å²) in [5.41, 5.74) is 1.69. The van der Waals surface area contributed by atoms with E-state index in [0.29, 0.717) is 11.6 Å². The Labute approximate surface area is 136 Å². The normalized spacial score (nSPS) is 17.1. The van der Waals surface area contributed by atoms with E-state index in [1.165, 1.54) is 5.56 Å². The number of nitrogens with zero attached hydrogens (tertiary/aromatic N) is 2. The highest BCUT2D eigenvalue weighted by atomic mass is 16.5. The number of benzene rings is 1. The number of carbonyl (C=O) groups is 1. The van der Waals surface area contributed by atoms with Crippen molar-refractivity contribution < 1.29 is 9.53 Å². The van der Waals surface area contributed by atoms with Crippen molar-refractivity contribution in [1.29, 1.82) is 0 Å². The van der Waals surface area contributed by atoms with Crippen LogP contribution >= 0.6 is 0 Å². The van der Waals surface area contributed by atoms with E-state index in [4.69, 9.17) is 4.74 Å². The standard InChI is InChI=1S/C18H21N3O2/c1-19-18(22)15-7-5-9-17(20-15)21-11-10-13(12-21)14-6-3-4-8-16(14)23-2/h3-9,13H,10-12H2,1-2H3,(H,19,22)/t13-/m0/s1. The number of ether oxygens (including phenoxy) is 1. The third-order valence-electron chi connectivity index (χ3n) is 4.29. The molecule has 1 saturated heterocycles. The zero-order valence-electron chi connectivity index (χ0n) is 13.5. The molecule has 120 valence electrons. The van der Waals surface area contributed by atoms with E-state index >= 15 is 0 Å². The SMILES string of the molecule is CNC(=O)c1cccc(N2CC[C@H](c3ccccc3OC)C2)n1.